The molecule has 3 N–H and O–H groups in total. The predicted molar refractivity (Wildman–Crippen MR) is 235 cm³/mol. The summed E-state index contributed by atoms with van der Waals surface area (Å²) >= 11 is 0. The van der Waals surface area contributed by atoms with Crippen LogP contribution in [0.3, 0.4) is 0 Å². The molecule has 2 saturated carbocycles. The molecule has 0 spiro atoms. The molecule has 3 fully saturated rings. The van der Waals surface area contributed by atoms with Crippen molar-refractivity contribution >= 4 is 44.6 Å². The number of rotatable bonds is 10. The fourth-order valence-electron chi connectivity index (χ4n) is 8.50. The third kappa shape index (κ3) is 10.7. The van der Waals surface area contributed by atoms with Crippen LogP contribution < -0.4 is 29.6 Å². The average Bonchev–Trinajstić information content (AvgIpc) is 4.14. The van der Waals surface area contributed by atoms with E-state index in [1.54, 1.807) is 46.2 Å². The van der Waals surface area contributed by atoms with Crippen molar-refractivity contribution in [2.75, 3.05) is 13.7 Å². The number of hydrogen-bond donors (Lipinski definition) is 3. The van der Waals surface area contributed by atoms with Crippen molar-refractivity contribution in [3.05, 3.63) is 54.7 Å². The smallest absolute Gasteiger partial charge is 0.408 e. The van der Waals surface area contributed by atoms with Crippen LogP contribution >= 0.6 is 0 Å². The largest absolute Gasteiger partial charge is 0.497 e. The van der Waals surface area contributed by atoms with Crippen LogP contribution in [0.5, 0.6) is 17.5 Å². The van der Waals surface area contributed by atoms with Crippen molar-refractivity contribution < 1.29 is 46.5 Å². The Bertz CT molecular complexity index is 2360. The van der Waals surface area contributed by atoms with Crippen LogP contribution in [0.15, 0.2) is 54.7 Å². The first-order valence-corrected chi connectivity index (χ1v) is 23.4. The van der Waals surface area contributed by atoms with Crippen molar-refractivity contribution in [1.29, 1.82) is 0 Å². The van der Waals surface area contributed by atoms with E-state index in [4.69, 9.17) is 23.9 Å². The predicted octanol–water partition coefficient (Wildman–Crippen LogP) is 5.83. The van der Waals surface area contributed by atoms with Gasteiger partial charge in [0, 0.05) is 35.6 Å². The van der Waals surface area contributed by atoms with Gasteiger partial charge in [0.2, 0.25) is 33.6 Å². The monoisotopic (exact) mass is 888 g/mol. The van der Waals surface area contributed by atoms with Gasteiger partial charge in [-0.05, 0) is 121 Å². The minimum absolute atomic E-state index is 0.00750. The number of methoxy groups -OCH3 is 1. The Balaban J connectivity index is 1.25. The van der Waals surface area contributed by atoms with Gasteiger partial charge < -0.3 is 34.5 Å². The first kappa shape index (κ1) is 45.6. The van der Waals surface area contributed by atoms with Gasteiger partial charge in [0.05, 0.1) is 30.7 Å². The number of pyridine rings is 2. The van der Waals surface area contributed by atoms with Gasteiger partial charge in [0.1, 0.15) is 35.1 Å². The first-order valence-electron chi connectivity index (χ1n) is 21.9. The number of nitrogens with one attached hydrogen (secondary N) is 3. The summed E-state index contributed by atoms with van der Waals surface area (Å²) in [5.74, 6) is -1.37. The highest BCUT2D eigenvalue weighted by Gasteiger charge is 2.62. The molecule has 0 bridgehead atoms. The van der Waals surface area contributed by atoms with Gasteiger partial charge in [-0.15, -0.1) is 0 Å². The molecule has 7 atom stereocenters. The first-order chi connectivity index (χ1) is 29.7. The number of benzene rings is 1. The van der Waals surface area contributed by atoms with Gasteiger partial charge in [0.15, 0.2) is 0 Å². The minimum Gasteiger partial charge on any atom is -0.497 e. The maximum absolute atomic E-state index is 15.0. The summed E-state index contributed by atoms with van der Waals surface area (Å²) in [6.07, 6.45) is 6.94. The Morgan fingerprint density at radius 3 is 2.46 bits per heavy atom. The quantitative estimate of drug-likeness (QED) is 0.206. The zero-order chi connectivity index (χ0) is 45.4. The van der Waals surface area contributed by atoms with Crippen molar-refractivity contribution in [2.24, 2.45) is 17.8 Å². The molecule has 0 unspecified atom stereocenters. The van der Waals surface area contributed by atoms with E-state index < -0.39 is 74.3 Å². The lowest BCUT2D eigenvalue weighted by Gasteiger charge is -2.33. The summed E-state index contributed by atoms with van der Waals surface area (Å²) < 4.78 is 51.9. The van der Waals surface area contributed by atoms with E-state index in [0.29, 0.717) is 54.0 Å². The summed E-state index contributed by atoms with van der Waals surface area (Å²) in [6, 6.07) is 8.71. The summed E-state index contributed by atoms with van der Waals surface area (Å²) in [7, 11) is -2.36. The van der Waals surface area contributed by atoms with Crippen LogP contribution in [0.2, 0.25) is 0 Å². The van der Waals surface area contributed by atoms with Gasteiger partial charge in [-0.3, -0.25) is 19.1 Å². The highest BCUT2D eigenvalue weighted by Crippen LogP contribution is 2.46. The van der Waals surface area contributed by atoms with E-state index in [9.17, 15) is 22.8 Å². The van der Waals surface area contributed by atoms with Gasteiger partial charge >= 0.3 is 6.09 Å². The van der Waals surface area contributed by atoms with E-state index in [0.717, 1.165) is 11.8 Å². The second kappa shape index (κ2) is 18.0. The molecule has 3 aromatic rings. The number of amides is 4. The molecule has 2 aliphatic heterocycles. The van der Waals surface area contributed by atoms with Gasteiger partial charge in [0.25, 0.3) is 5.91 Å². The van der Waals surface area contributed by atoms with E-state index >= 15 is 4.79 Å². The lowest BCUT2D eigenvalue weighted by molar-refractivity contribution is -0.142. The number of alkyl carbamates (subject to hydrolysis) is 1. The lowest BCUT2D eigenvalue weighted by Crippen LogP contribution is -2.59. The fourth-order valence-corrected chi connectivity index (χ4v) is 9.87. The maximum atomic E-state index is 15.0. The van der Waals surface area contributed by atoms with Crippen molar-refractivity contribution in [3.8, 4) is 28.8 Å². The molecule has 0 radical (unpaired) electrons. The Morgan fingerprint density at radius 1 is 1.03 bits per heavy atom. The average molecular weight is 889 g/mol. The van der Waals surface area contributed by atoms with Gasteiger partial charge in [-0.1, -0.05) is 26.0 Å². The number of nitrogens with zero attached hydrogens (tertiary/aromatic N) is 3. The number of carbonyl (C=O) groups excluding carboxylic acids is 4. The molecule has 16 nitrogen and oxygen atoms in total. The minimum atomic E-state index is -3.94. The molecule has 4 aliphatic rings. The normalized spacial score (nSPS) is 27.2. The molecule has 1 aromatic carbocycles. The molecular weight excluding hydrogens is 829 g/mol. The number of allylic oxidation sites excluding steroid dienone is 1. The van der Waals surface area contributed by atoms with Crippen LogP contribution in [0, 0.1) is 17.8 Å². The molecule has 4 amide bonds. The van der Waals surface area contributed by atoms with E-state index in [-0.39, 0.29) is 43.2 Å². The molecule has 2 aromatic heterocycles. The topological polar surface area (TPSA) is 204 Å². The number of hydrogen-bond acceptors (Lipinski definition) is 12. The second-order valence-electron chi connectivity index (χ2n) is 18.8. The number of sulfonamides is 1. The van der Waals surface area contributed by atoms with E-state index in [1.807, 2.05) is 57.2 Å². The highest BCUT2D eigenvalue weighted by atomic mass is 32.2. The number of aromatic nitrogens is 2. The van der Waals surface area contributed by atoms with Crippen molar-refractivity contribution in [1.82, 2.24) is 30.2 Å². The fraction of sp³-hybridized carbons (Fsp3) is 0.565. The van der Waals surface area contributed by atoms with Crippen LogP contribution in [0.1, 0.15) is 93.4 Å². The number of fused-ring (bicyclic) bond motifs is 3. The molecule has 4 heterocycles. The lowest BCUT2D eigenvalue weighted by atomic mass is 9.88. The second-order valence-corrected chi connectivity index (χ2v) is 20.8. The molecule has 1 saturated heterocycles. The zero-order valence-corrected chi connectivity index (χ0v) is 38.1. The van der Waals surface area contributed by atoms with E-state index in [2.05, 4.69) is 27.3 Å². The molecule has 7 rings (SSSR count). The molecule has 63 heavy (non-hydrogen) atoms. The van der Waals surface area contributed by atoms with Crippen molar-refractivity contribution in [2.45, 2.75) is 134 Å². The zero-order valence-electron chi connectivity index (χ0n) is 37.3. The molecular formula is C46H60N6O10S. The Labute approximate surface area is 369 Å². The summed E-state index contributed by atoms with van der Waals surface area (Å²) in [4.78, 5) is 67.9. The summed E-state index contributed by atoms with van der Waals surface area (Å²) in [6.45, 7) is 12.9. The SMILES string of the molecule is COc1ccc2c(O[C@@H]3C[C@H]4C(=O)N[C@]5(C(=O)NS(=O)(=O)C6CC6)C[C@H]5/C=C\CC[C@@H](C)C[C@@H](C)[C@H](NC(=O)OC(C)(C)C)C(=O)N4C3)nc(-c3ccc(OC(C)C)nc3)cc2c1. The van der Waals surface area contributed by atoms with Gasteiger partial charge in [-0.25, -0.2) is 23.2 Å². The van der Waals surface area contributed by atoms with Gasteiger partial charge in [-0.2, -0.15) is 0 Å². The van der Waals surface area contributed by atoms with Crippen LogP contribution in [-0.2, 0) is 29.1 Å². The summed E-state index contributed by atoms with van der Waals surface area (Å²) in [5.41, 5.74) is -1.16. The molecule has 340 valence electrons. The third-order valence-corrected chi connectivity index (χ3v) is 13.8. The van der Waals surface area contributed by atoms with Crippen LogP contribution in [0.4, 0.5) is 4.79 Å². The number of ether oxygens (including phenoxy) is 4. The Morgan fingerprint density at radius 2 is 1.79 bits per heavy atom. The van der Waals surface area contributed by atoms with Crippen molar-refractivity contribution in [3.63, 3.8) is 0 Å². The molecule has 17 heteroatoms. The van der Waals surface area contributed by atoms with E-state index in [1.165, 1.54) is 4.90 Å². The van der Waals surface area contributed by atoms with Crippen LogP contribution in [-0.4, -0.2) is 101 Å². The van der Waals surface area contributed by atoms with Crippen LogP contribution in [0.25, 0.3) is 22.0 Å². The maximum Gasteiger partial charge on any atom is 0.408 e. The Kier molecular flexibility index (Phi) is 13.0. The standard InChI is InChI=1S/C46H60N6O10S/c1-26(2)60-38-18-13-29(24-47-38)36-21-30-20-32(59-8)14-17-35(30)41(48-36)61-33-22-37-40(53)50-46(43(55)51-63(57,58)34-15-16-34)23-31(46)12-10-9-11-27(3)19-28(4)39(42(54)52(37)25-33)49-44(56)62-45(5,6)7/h10,12-14,17-18,20-21,24,26-28,31,33-34,37,39H,9,11,15-16,19,22-23,25H2,1-8H3,(H,49,56)(H,50,53)(H,51,55)/b12-10-/t27-,28-,31-,33-,37+,39+,46-/m1/s1. The molecule has 2 aliphatic carbocycles. The third-order valence-electron chi connectivity index (χ3n) is 12.0. The summed E-state index contributed by atoms with van der Waals surface area (Å²) in [5, 5.41) is 6.50. The Hall–Kier alpha value is -5.45. The number of carbonyl (C=O) groups is 4. The highest BCUT2D eigenvalue weighted by molar-refractivity contribution is 7.91.